The fraction of sp³-hybridized carbons (Fsp3) is 0.364. The summed E-state index contributed by atoms with van der Waals surface area (Å²) in [4.78, 5) is 20.8. The fourth-order valence-corrected chi connectivity index (χ4v) is 2.05. The number of carboxylic acids is 1. The van der Waals surface area contributed by atoms with Crippen molar-refractivity contribution in [2.75, 3.05) is 23.4 Å². The second-order valence-electron chi connectivity index (χ2n) is 3.65. The van der Waals surface area contributed by atoms with Crippen molar-refractivity contribution in [2.24, 2.45) is 0 Å². The van der Waals surface area contributed by atoms with Gasteiger partial charge in [0.05, 0.1) is 4.92 Å². The van der Waals surface area contributed by atoms with Crippen LogP contribution in [-0.4, -0.2) is 38.3 Å². The summed E-state index contributed by atoms with van der Waals surface area (Å²) in [6.07, 6.45) is 0. The number of hydrogen-bond acceptors (Lipinski definition) is 5. The van der Waals surface area contributed by atoms with Crippen LogP contribution in [0.1, 0.15) is 17.3 Å². The van der Waals surface area contributed by atoms with Crippen LogP contribution in [0.25, 0.3) is 0 Å². The van der Waals surface area contributed by atoms with E-state index < -0.39 is 27.4 Å². The van der Waals surface area contributed by atoms with Crippen LogP contribution in [0.4, 0.5) is 11.4 Å². The fourth-order valence-electron chi connectivity index (χ4n) is 1.43. The van der Waals surface area contributed by atoms with Crippen molar-refractivity contribution < 1.29 is 19.0 Å². The molecule has 104 valence electrons. The Balaban J connectivity index is 2.81. The lowest BCUT2D eigenvalue weighted by Crippen LogP contribution is -2.12. The van der Waals surface area contributed by atoms with E-state index >= 15 is 0 Å². The maximum absolute atomic E-state index is 11.2. The molecule has 0 radical (unpaired) electrons. The molecule has 0 fully saturated rings. The molecular formula is C11H14N2O5S. The van der Waals surface area contributed by atoms with Gasteiger partial charge in [0, 0.05) is 40.6 Å². The van der Waals surface area contributed by atoms with E-state index in [1.807, 2.05) is 6.92 Å². The van der Waals surface area contributed by atoms with Crippen LogP contribution >= 0.6 is 0 Å². The molecule has 0 amide bonds. The normalized spacial score (nSPS) is 11.8. The van der Waals surface area contributed by atoms with E-state index in [9.17, 15) is 19.1 Å². The van der Waals surface area contributed by atoms with Crippen molar-refractivity contribution in [2.45, 2.75) is 6.92 Å². The van der Waals surface area contributed by atoms with E-state index in [2.05, 4.69) is 5.32 Å². The van der Waals surface area contributed by atoms with Crippen LogP contribution in [0.5, 0.6) is 0 Å². The first kappa shape index (κ1) is 15.1. The highest BCUT2D eigenvalue weighted by atomic mass is 32.2. The molecule has 8 heteroatoms. The summed E-state index contributed by atoms with van der Waals surface area (Å²) < 4.78 is 11.2. The number of aromatic carboxylic acids is 1. The zero-order valence-electron chi connectivity index (χ0n) is 10.3. The SMILES string of the molecule is CCS(=O)CCNc1ccc(C(=O)O)c([N+](=O)[O-])c1. The highest BCUT2D eigenvalue weighted by Gasteiger charge is 2.19. The third-order valence-electron chi connectivity index (χ3n) is 2.41. The van der Waals surface area contributed by atoms with Crippen LogP contribution in [-0.2, 0) is 10.8 Å². The van der Waals surface area contributed by atoms with Gasteiger partial charge in [-0.1, -0.05) is 6.92 Å². The van der Waals surface area contributed by atoms with Crippen LogP contribution in [0, 0.1) is 10.1 Å². The first-order valence-electron chi connectivity index (χ1n) is 5.56. The number of carboxylic acid groups (broad SMARTS) is 1. The predicted octanol–water partition coefficient (Wildman–Crippen LogP) is 1.47. The number of rotatable bonds is 7. The molecule has 1 aromatic rings. The van der Waals surface area contributed by atoms with Gasteiger partial charge in [0.1, 0.15) is 5.56 Å². The summed E-state index contributed by atoms with van der Waals surface area (Å²) in [7, 11) is -0.917. The van der Waals surface area contributed by atoms with E-state index in [1.54, 1.807) is 0 Å². The number of nitro benzene ring substituents is 1. The van der Waals surface area contributed by atoms with E-state index in [1.165, 1.54) is 12.1 Å². The second kappa shape index (κ2) is 6.83. The molecule has 0 aliphatic carbocycles. The minimum Gasteiger partial charge on any atom is -0.477 e. The Morgan fingerprint density at radius 2 is 2.21 bits per heavy atom. The van der Waals surface area contributed by atoms with Gasteiger partial charge >= 0.3 is 5.97 Å². The molecular weight excluding hydrogens is 272 g/mol. The molecule has 1 rings (SSSR count). The lowest BCUT2D eigenvalue weighted by molar-refractivity contribution is -0.385. The lowest BCUT2D eigenvalue weighted by atomic mass is 10.1. The quantitative estimate of drug-likeness (QED) is 0.580. The number of nitrogens with zero attached hydrogens (tertiary/aromatic N) is 1. The highest BCUT2D eigenvalue weighted by molar-refractivity contribution is 7.84. The smallest absolute Gasteiger partial charge is 0.342 e. The zero-order valence-corrected chi connectivity index (χ0v) is 11.1. The van der Waals surface area contributed by atoms with Crippen molar-refractivity contribution in [3.63, 3.8) is 0 Å². The van der Waals surface area contributed by atoms with Crippen molar-refractivity contribution in [3.8, 4) is 0 Å². The number of hydrogen-bond donors (Lipinski definition) is 2. The molecule has 0 aliphatic rings. The van der Waals surface area contributed by atoms with Crippen LogP contribution < -0.4 is 5.32 Å². The molecule has 19 heavy (non-hydrogen) atoms. The summed E-state index contributed by atoms with van der Waals surface area (Å²) in [5, 5.41) is 22.5. The standard InChI is InChI=1S/C11H14N2O5S/c1-2-19(18)6-5-12-8-3-4-9(11(14)15)10(7-8)13(16)17/h3-4,7,12H,2,5-6H2,1H3,(H,14,15). The number of benzene rings is 1. The van der Waals surface area contributed by atoms with Crippen LogP contribution in [0.3, 0.4) is 0 Å². The van der Waals surface area contributed by atoms with Gasteiger partial charge in [-0.2, -0.15) is 0 Å². The van der Waals surface area contributed by atoms with E-state index in [-0.39, 0.29) is 5.56 Å². The molecule has 0 saturated carbocycles. The minimum absolute atomic E-state index is 0.354. The minimum atomic E-state index is -1.34. The second-order valence-corrected chi connectivity index (χ2v) is 5.52. The number of carbonyl (C=O) groups is 1. The molecule has 0 bridgehead atoms. The summed E-state index contributed by atoms with van der Waals surface area (Å²) in [6, 6.07) is 3.79. The first-order valence-corrected chi connectivity index (χ1v) is 7.05. The highest BCUT2D eigenvalue weighted by Crippen LogP contribution is 2.23. The average molecular weight is 286 g/mol. The predicted molar refractivity (Wildman–Crippen MR) is 72.1 cm³/mol. The van der Waals surface area contributed by atoms with Crippen molar-refractivity contribution in [1.82, 2.24) is 0 Å². The maximum Gasteiger partial charge on any atom is 0.342 e. The molecule has 0 saturated heterocycles. The van der Waals surface area contributed by atoms with Crippen molar-refractivity contribution in [3.05, 3.63) is 33.9 Å². The van der Waals surface area contributed by atoms with E-state index in [0.717, 1.165) is 6.07 Å². The Labute approximate surface area is 112 Å². The van der Waals surface area contributed by atoms with Crippen LogP contribution in [0.15, 0.2) is 18.2 Å². The Morgan fingerprint density at radius 3 is 2.74 bits per heavy atom. The van der Waals surface area contributed by atoms with Gasteiger partial charge in [-0.25, -0.2) is 4.79 Å². The maximum atomic E-state index is 11.2. The summed E-state index contributed by atoms with van der Waals surface area (Å²) in [5.41, 5.74) is -0.383. The van der Waals surface area contributed by atoms with Gasteiger partial charge in [0.25, 0.3) is 5.69 Å². The molecule has 1 atom stereocenters. The summed E-state index contributed by atoms with van der Waals surface area (Å²) in [5.74, 6) is -0.351. The summed E-state index contributed by atoms with van der Waals surface area (Å²) in [6.45, 7) is 2.21. The number of anilines is 1. The largest absolute Gasteiger partial charge is 0.477 e. The van der Waals surface area contributed by atoms with Gasteiger partial charge in [-0.3, -0.25) is 14.3 Å². The Morgan fingerprint density at radius 1 is 1.53 bits per heavy atom. The van der Waals surface area contributed by atoms with Gasteiger partial charge in [-0.15, -0.1) is 0 Å². The summed E-state index contributed by atoms with van der Waals surface area (Å²) >= 11 is 0. The van der Waals surface area contributed by atoms with E-state index in [0.29, 0.717) is 23.7 Å². The zero-order chi connectivity index (χ0) is 14.4. The molecule has 0 spiro atoms. The topological polar surface area (TPSA) is 110 Å². The number of nitro groups is 1. The third kappa shape index (κ3) is 4.32. The molecule has 0 aliphatic heterocycles. The Bertz CT molecular complexity index is 518. The average Bonchev–Trinajstić information content (AvgIpc) is 2.38. The van der Waals surface area contributed by atoms with Crippen molar-refractivity contribution >= 4 is 28.1 Å². The molecule has 0 heterocycles. The molecule has 2 N–H and O–H groups in total. The van der Waals surface area contributed by atoms with Gasteiger partial charge in [0.15, 0.2) is 0 Å². The van der Waals surface area contributed by atoms with E-state index in [4.69, 9.17) is 5.11 Å². The molecule has 1 unspecified atom stereocenters. The monoisotopic (exact) mass is 286 g/mol. The Kier molecular flexibility index (Phi) is 5.43. The van der Waals surface area contributed by atoms with Crippen LogP contribution in [0.2, 0.25) is 0 Å². The molecule has 7 nitrogen and oxygen atoms in total. The van der Waals surface area contributed by atoms with Crippen molar-refractivity contribution in [1.29, 1.82) is 0 Å². The van der Waals surface area contributed by atoms with Gasteiger partial charge in [0.2, 0.25) is 0 Å². The number of nitrogens with one attached hydrogen (secondary N) is 1. The Hall–Kier alpha value is -1.96. The van der Waals surface area contributed by atoms with Gasteiger partial charge < -0.3 is 10.4 Å². The van der Waals surface area contributed by atoms with Gasteiger partial charge in [-0.05, 0) is 12.1 Å². The molecule has 0 aromatic heterocycles. The third-order valence-corrected chi connectivity index (χ3v) is 3.71. The molecule has 1 aromatic carbocycles. The first-order chi connectivity index (χ1) is 8.95. The lowest BCUT2D eigenvalue weighted by Gasteiger charge is -2.06.